The molecule has 0 unspecified atom stereocenters. The molecule has 116 valence electrons. The molecule has 1 aliphatic heterocycles. The fourth-order valence-electron chi connectivity index (χ4n) is 2.86. The van der Waals surface area contributed by atoms with E-state index in [-0.39, 0.29) is 17.6 Å². The number of nitrogens with zero attached hydrogens (tertiary/aromatic N) is 2. The van der Waals surface area contributed by atoms with Crippen LogP contribution in [-0.2, 0) is 0 Å². The monoisotopic (exact) mass is 306 g/mol. The average molecular weight is 306 g/mol. The van der Waals surface area contributed by atoms with Crippen molar-refractivity contribution in [2.24, 2.45) is 0 Å². The van der Waals surface area contributed by atoms with Crippen LogP contribution in [0.15, 0.2) is 28.8 Å². The van der Waals surface area contributed by atoms with E-state index >= 15 is 0 Å². The predicted octanol–water partition coefficient (Wildman–Crippen LogP) is 3.28. The van der Waals surface area contributed by atoms with Crippen molar-refractivity contribution in [3.63, 3.8) is 0 Å². The standard InChI is InChI=1S/C16H16F2N2O2/c1-10-7-15(22-19-10)16(21)20-6-2-3-11(9-20)13-8-12(17)4-5-14(13)18/h4-5,7-8,11H,2-3,6,9H2,1H3/t11-/m1/s1. The second kappa shape index (κ2) is 5.87. The molecule has 1 aromatic carbocycles. The Kier molecular flexibility index (Phi) is 3.92. The summed E-state index contributed by atoms with van der Waals surface area (Å²) in [4.78, 5) is 14.0. The molecule has 4 nitrogen and oxygen atoms in total. The quantitative estimate of drug-likeness (QED) is 0.855. The van der Waals surface area contributed by atoms with Gasteiger partial charge in [0.1, 0.15) is 11.6 Å². The molecule has 1 saturated heterocycles. The van der Waals surface area contributed by atoms with Crippen molar-refractivity contribution in [3.05, 3.63) is 52.9 Å². The van der Waals surface area contributed by atoms with Crippen molar-refractivity contribution in [3.8, 4) is 0 Å². The Hall–Kier alpha value is -2.24. The van der Waals surface area contributed by atoms with Gasteiger partial charge in [-0.3, -0.25) is 4.79 Å². The number of halogens is 2. The number of aryl methyl sites for hydroxylation is 1. The number of carbonyl (C=O) groups excluding carboxylic acids is 1. The van der Waals surface area contributed by atoms with Gasteiger partial charge in [0, 0.05) is 25.1 Å². The first-order valence-corrected chi connectivity index (χ1v) is 7.22. The van der Waals surface area contributed by atoms with Crippen molar-refractivity contribution in [1.82, 2.24) is 10.1 Å². The first-order chi connectivity index (χ1) is 10.5. The molecule has 0 bridgehead atoms. The highest BCUT2D eigenvalue weighted by Crippen LogP contribution is 2.30. The lowest BCUT2D eigenvalue weighted by Crippen LogP contribution is -2.39. The van der Waals surface area contributed by atoms with Gasteiger partial charge in [-0.25, -0.2) is 8.78 Å². The van der Waals surface area contributed by atoms with E-state index in [1.807, 2.05) is 0 Å². The minimum Gasteiger partial charge on any atom is -0.351 e. The van der Waals surface area contributed by atoms with Gasteiger partial charge < -0.3 is 9.42 Å². The van der Waals surface area contributed by atoms with E-state index in [9.17, 15) is 13.6 Å². The van der Waals surface area contributed by atoms with Crippen LogP contribution in [0.1, 0.15) is 40.6 Å². The normalized spacial score (nSPS) is 18.5. The summed E-state index contributed by atoms with van der Waals surface area (Å²) >= 11 is 0. The lowest BCUT2D eigenvalue weighted by atomic mass is 9.90. The van der Waals surface area contributed by atoms with Crippen LogP contribution in [-0.4, -0.2) is 29.1 Å². The summed E-state index contributed by atoms with van der Waals surface area (Å²) in [7, 11) is 0. The fraction of sp³-hybridized carbons (Fsp3) is 0.375. The molecule has 0 spiro atoms. The van der Waals surface area contributed by atoms with Crippen LogP contribution in [0.2, 0.25) is 0 Å². The second-order valence-electron chi connectivity index (χ2n) is 5.59. The Bertz CT molecular complexity index is 699. The third kappa shape index (κ3) is 2.86. The molecule has 1 fully saturated rings. The molecule has 1 aromatic heterocycles. The molecular weight excluding hydrogens is 290 g/mol. The SMILES string of the molecule is Cc1cc(C(=O)N2CCC[C@@H](c3cc(F)ccc3F)C2)on1. The Morgan fingerprint density at radius 2 is 2.18 bits per heavy atom. The van der Waals surface area contributed by atoms with Crippen molar-refractivity contribution in [1.29, 1.82) is 0 Å². The van der Waals surface area contributed by atoms with Gasteiger partial charge in [-0.05, 0) is 43.5 Å². The van der Waals surface area contributed by atoms with Gasteiger partial charge in [-0.1, -0.05) is 5.16 Å². The van der Waals surface area contributed by atoms with Crippen molar-refractivity contribution in [2.45, 2.75) is 25.7 Å². The molecule has 22 heavy (non-hydrogen) atoms. The number of benzene rings is 1. The molecule has 0 saturated carbocycles. The first kappa shape index (κ1) is 14.7. The van der Waals surface area contributed by atoms with E-state index in [1.165, 1.54) is 6.07 Å². The van der Waals surface area contributed by atoms with E-state index in [0.29, 0.717) is 24.3 Å². The number of rotatable bonds is 2. The third-order valence-electron chi connectivity index (χ3n) is 3.95. The van der Waals surface area contributed by atoms with Crippen LogP contribution in [0.3, 0.4) is 0 Å². The molecule has 0 N–H and O–H groups in total. The number of hydrogen-bond donors (Lipinski definition) is 0. The summed E-state index contributed by atoms with van der Waals surface area (Å²) in [6.45, 7) is 2.66. The predicted molar refractivity (Wildman–Crippen MR) is 75.5 cm³/mol. The molecule has 1 amide bonds. The summed E-state index contributed by atoms with van der Waals surface area (Å²) < 4.78 is 32.3. The maximum absolute atomic E-state index is 13.9. The largest absolute Gasteiger partial charge is 0.351 e. The topological polar surface area (TPSA) is 46.3 Å². The molecule has 0 radical (unpaired) electrons. The second-order valence-corrected chi connectivity index (χ2v) is 5.59. The molecule has 3 rings (SSSR count). The van der Waals surface area contributed by atoms with Crippen LogP contribution >= 0.6 is 0 Å². The van der Waals surface area contributed by atoms with Crippen LogP contribution in [0.5, 0.6) is 0 Å². The summed E-state index contributed by atoms with van der Waals surface area (Å²) in [5.41, 5.74) is 0.958. The van der Waals surface area contributed by atoms with E-state index in [2.05, 4.69) is 5.16 Å². The van der Waals surface area contributed by atoms with E-state index in [1.54, 1.807) is 17.9 Å². The Morgan fingerprint density at radius 3 is 2.91 bits per heavy atom. The Morgan fingerprint density at radius 1 is 1.36 bits per heavy atom. The fourth-order valence-corrected chi connectivity index (χ4v) is 2.86. The zero-order valence-electron chi connectivity index (χ0n) is 12.2. The van der Waals surface area contributed by atoms with Gasteiger partial charge in [0.05, 0.1) is 5.69 Å². The van der Waals surface area contributed by atoms with Gasteiger partial charge in [0.15, 0.2) is 0 Å². The number of aromatic nitrogens is 1. The van der Waals surface area contributed by atoms with Crippen molar-refractivity contribution < 1.29 is 18.1 Å². The molecule has 2 aromatic rings. The molecule has 1 atom stereocenters. The van der Waals surface area contributed by atoms with Gasteiger partial charge in [0.2, 0.25) is 5.76 Å². The summed E-state index contributed by atoms with van der Waals surface area (Å²) in [5.74, 6) is -1.20. The van der Waals surface area contributed by atoms with Gasteiger partial charge in [-0.2, -0.15) is 0 Å². The van der Waals surface area contributed by atoms with Crippen molar-refractivity contribution >= 4 is 5.91 Å². The van der Waals surface area contributed by atoms with E-state index < -0.39 is 11.6 Å². The highest BCUT2D eigenvalue weighted by atomic mass is 19.1. The minimum atomic E-state index is -0.467. The van der Waals surface area contributed by atoms with Gasteiger partial charge in [0.25, 0.3) is 5.91 Å². The third-order valence-corrected chi connectivity index (χ3v) is 3.95. The van der Waals surface area contributed by atoms with Crippen LogP contribution in [0.4, 0.5) is 8.78 Å². The Labute approximate surface area is 126 Å². The van der Waals surface area contributed by atoms with Crippen LogP contribution in [0, 0.1) is 18.6 Å². The molecular formula is C16H16F2N2O2. The number of amides is 1. The van der Waals surface area contributed by atoms with E-state index in [4.69, 9.17) is 4.52 Å². The van der Waals surface area contributed by atoms with Gasteiger partial charge in [-0.15, -0.1) is 0 Å². The minimum absolute atomic E-state index is 0.179. The average Bonchev–Trinajstić information content (AvgIpc) is 2.95. The lowest BCUT2D eigenvalue weighted by molar-refractivity contribution is 0.0663. The number of hydrogen-bond acceptors (Lipinski definition) is 3. The zero-order valence-corrected chi connectivity index (χ0v) is 12.2. The molecule has 1 aliphatic rings. The smallest absolute Gasteiger partial charge is 0.292 e. The van der Waals surface area contributed by atoms with Crippen LogP contribution in [0.25, 0.3) is 0 Å². The number of likely N-dealkylation sites (tertiary alicyclic amines) is 1. The zero-order chi connectivity index (χ0) is 15.7. The lowest BCUT2D eigenvalue weighted by Gasteiger charge is -2.32. The highest BCUT2D eigenvalue weighted by molar-refractivity contribution is 5.91. The molecule has 0 aliphatic carbocycles. The van der Waals surface area contributed by atoms with E-state index in [0.717, 1.165) is 25.0 Å². The number of piperidine rings is 1. The van der Waals surface area contributed by atoms with Gasteiger partial charge >= 0.3 is 0 Å². The number of carbonyl (C=O) groups is 1. The molecule has 2 heterocycles. The summed E-state index contributed by atoms with van der Waals surface area (Å²) in [5, 5.41) is 3.70. The summed E-state index contributed by atoms with van der Waals surface area (Å²) in [6, 6.07) is 5.02. The molecule has 6 heteroatoms. The summed E-state index contributed by atoms with van der Waals surface area (Å²) in [6.07, 6.45) is 1.46. The first-order valence-electron chi connectivity index (χ1n) is 7.22. The Balaban J connectivity index is 1.79. The highest BCUT2D eigenvalue weighted by Gasteiger charge is 2.29. The maximum Gasteiger partial charge on any atom is 0.292 e. The van der Waals surface area contributed by atoms with Crippen LogP contribution < -0.4 is 0 Å². The maximum atomic E-state index is 13.9. The van der Waals surface area contributed by atoms with Crippen molar-refractivity contribution in [2.75, 3.05) is 13.1 Å².